The van der Waals surface area contributed by atoms with E-state index in [1.807, 2.05) is 0 Å². The molecule has 0 aliphatic heterocycles. The van der Waals surface area contributed by atoms with Gasteiger partial charge in [-0.2, -0.15) is 0 Å². The second-order valence-electron chi connectivity index (χ2n) is 5.52. The number of fused-ring (bicyclic) bond motifs is 1. The van der Waals surface area contributed by atoms with Gasteiger partial charge in [0.25, 0.3) is 0 Å². The monoisotopic (exact) mass is 436 g/mol. The predicted molar refractivity (Wildman–Crippen MR) is 101 cm³/mol. The van der Waals surface area contributed by atoms with Crippen LogP contribution in [0.15, 0.2) is 45.3 Å². The number of furan rings is 1. The van der Waals surface area contributed by atoms with Crippen LogP contribution >= 0.6 is 27.5 Å². The van der Waals surface area contributed by atoms with E-state index in [0.29, 0.717) is 43.1 Å². The molecule has 1 heterocycles. The molecule has 3 rings (SSSR count). The number of carbonyl (C=O) groups is 2. The zero-order valence-electron chi connectivity index (χ0n) is 14.0. The lowest BCUT2D eigenvalue weighted by Crippen LogP contribution is -2.11. The Morgan fingerprint density at radius 1 is 1.19 bits per heavy atom. The number of halogens is 2. The van der Waals surface area contributed by atoms with Gasteiger partial charge in [0.15, 0.2) is 12.4 Å². The van der Waals surface area contributed by atoms with E-state index in [4.69, 9.17) is 25.5 Å². The third-order valence-corrected chi connectivity index (χ3v) is 4.70. The van der Waals surface area contributed by atoms with Crippen molar-refractivity contribution >= 4 is 50.3 Å². The molecule has 26 heavy (non-hydrogen) atoms. The Kier molecular flexibility index (Phi) is 5.34. The number of methoxy groups -OCH3 is 1. The molecular formula is C19H14BrClO5. The fourth-order valence-electron chi connectivity index (χ4n) is 2.55. The first-order chi connectivity index (χ1) is 12.4. The average Bonchev–Trinajstić information content (AvgIpc) is 2.94. The van der Waals surface area contributed by atoms with Crippen molar-refractivity contribution in [1.29, 1.82) is 0 Å². The van der Waals surface area contributed by atoms with E-state index < -0.39 is 5.97 Å². The quantitative estimate of drug-likeness (QED) is 0.405. The normalized spacial score (nSPS) is 10.8. The standard InChI is InChI=1S/C19H14BrClO5/c1-10-18(19(23)24-2)13-7-17(14(20)8-16(13)26-10)25-9-15(22)11-3-5-12(21)6-4-11/h3-8H,9H2,1-2H3. The van der Waals surface area contributed by atoms with Crippen LogP contribution in [0.25, 0.3) is 11.0 Å². The molecule has 1 aromatic heterocycles. The van der Waals surface area contributed by atoms with Crippen LogP contribution in [-0.4, -0.2) is 25.5 Å². The van der Waals surface area contributed by atoms with Gasteiger partial charge in [0.2, 0.25) is 0 Å². The molecule has 0 saturated carbocycles. The number of aryl methyl sites for hydroxylation is 1. The van der Waals surface area contributed by atoms with Crippen LogP contribution in [0.2, 0.25) is 5.02 Å². The van der Waals surface area contributed by atoms with Gasteiger partial charge in [0.05, 0.1) is 11.6 Å². The summed E-state index contributed by atoms with van der Waals surface area (Å²) < 4.78 is 16.7. The number of ether oxygens (including phenoxy) is 2. The molecule has 0 N–H and O–H groups in total. The first kappa shape index (κ1) is 18.5. The van der Waals surface area contributed by atoms with Gasteiger partial charge < -0.3 is 13.9 Å². The van der Waals surface area contributed by atoms with Gasteiger partial charge in [-0.05, 0) is 59.3 Å². The Balaban J connectivity index is 1.87. The minimum atomic E-state index is -0.494. The van der Waals surface area contributed by atoms with Crippen molar-refractivity contribution in [3.8, 4) is 5.75 Å². The highest BCUT2D eigenvalue weighted by molar-refractivity contribution is 9.10. The number of hydrogen-bond acceptors (Lipinski definition) is 5. The van der Waals surface area contributed by atoms with E-state index >= 15 is 0 Å². The van der Waals surface area contributed by atoms with Crippen LogP contribution in [0.4, 0.5) is 0 Å². The van der Waals surface area contributed by atoms with Crippen molar-refractivity contribution in [2.75, 3.05) is 13.7 Å². The number of hydrogen-bond donors (Lipinski definition) is 0. The lowest BCUT2D eigenvalue weighted by Gasteiger charge is -2.08. The van der Waals surface area contributed by atoms with E-state index in [2.05, 4.69) is 15.9 Å². The summed E-state index contributed by atoms with van der Waals surface area (Å²) in [5.74, 6) is 0.191. The second kappa shape index (κ2) is 7.51. The van der Waals surface area contributed by atoms with Crippen molar-refractivity contribution in [1.82, 2.24) is 0 Å². The van der Waals surface area contributed by atoms with Crippen LogP contribution < -0.4 is 4.74 Å². The van der Waals surface area contributed by atoms with E-state index in [1.54, 1.807) is 43.3 Å². The lowest BCUT2D eigenvalue weighted by molar-refractivity contribution is 0.0600. The SMILES string of the molecule is COC(=O)c1c(C)oc2cc(Br)c(OCC(=O)c3ccc(Cl)cc3)cc12. The van der Waals surface area contributed by atoms with Crippen LogP contribution in [0.1, 0.15) is 26.5 Å². The molecule has 2 aromatic carbocycles. The van der Waals surface area contributed by atoms with Gasteiger partial charge in [-0.3, -0.25) is 4.79 Å². The number of carbonyl (C=O) groups excluding carboxylic acids is 2. The molecule has 3 aromatic rings. The topological polar surface area (TPSA) is 65.7 Å². The maximum Gasteiger partial charge on any atom is 0.342 e. The molecule has 0 bridgehead atoms. The molecule has 0 aliphatic carbocycles. The Bertz CT molecular complexity index is 991. The molecule has 7 heteroatoms. The molecule has 0 unspecified atom stereocenters. The van der Waals surface area contributed by atoms with Gasteiger partial charge >= 0.3 is 5.97 Å². The maximum atomic E-state index is 12.3. The first-order valence-corrected chi connectivity index (χ1v) is 8.80. The number of rotatable bonds is 5. The summed E-state index contributed by atoms with van der Waals surface area (Å²) in [6.07, 6.45) is 0. The minimum Gasteiger partial charge on any atom is -0.484 e. The summed E-state index contributed by atoms with van der Waals surface area (Å²) in [6, 6.07) is 9.91. The van der Waals surface area contributed by atoms with E-state index in [0.717, 1.165) is 0 Å². The van der Waals surface area contributed by atoms with Crippen LogP contribution in [0.5, 0.6) is 5.75 Å². The van der Waals surface area contributed by atoms with Crippen LogP contribution in [0, 0.1) is 6.92 Å². The molecule has 0 atom stereocenters. The first-order valence-electron chi connectivity index (χ1n) is 7.63. The Labute approximate surface area is 163 Å². The van der Waals surface area contributed by atoms with E-state index in [9.17, 15) is 9.59 Å². The molecule has 5 nitrogen and oxygen atoms in total. The molecule has 134 valence electrons. The fraction of sp³-hybridized carbons (Fsp3) is 0.158. The summed E-state index contributed by atoms with van der Waals surface area (Å²) >= 11 is 9.22. The van der Waals surface area contributed by atoms with Gasteiger partial charge in [0, 0.05) is 16.0 Å². The number of ketones is 1. The zero-order chi connectivity index (χ0) is 18.8. The Hall–Kier alpha value is -2.31. The van der Waals surface area contributed by atoms with Crippen molar-refractivity contribution in [2.45, 2.75) is 6.92 Å². The highest BCUT2D eigenvalue weighted by Crippen LogP contribution is 2.35. The smallest absolute Gasteiger partial charge is 0.342 e. The highest BCUT2D eigenvalue weighted by atomic mass is 79.9. The fourth-order valence-corrected chi connectivity index (χ4v) is 3.11. The van der Waals surface area contributed by atoms with Crippen molar-refractivity contribution < 1.29 is 23.5 Å². The zero-order valence-corrected chi connectivity index (χ0v) is 16.3. The maximum absolute atomic E-state index is 12.3. The van der Waals surface area contributed by atoms with Crippen molar-refractivity contribution in [3.05, 3.63) is 62.8 Å². The third-order valence-electron chi connectivity index (χ3n) is 3.83. The molecule has 0 amide bonds. The number of esters is 1. The largest absolute Gasteiger partial charge is 0.484 e. The summed E-state index contributed by atoms with van der Waals surface area (Å²) in [5, 5.41) is 1.12. The van der Waals surface area contributed by atoms with Gasteiger partial charge in [-0.15, -0.1) is 0 Å². The highest BCUT2D eigenvalue weighted by Gasteiger charge is 2.21. The average molecular weight is 438 g/mol. The third kappa shape index (κ3) is 3.61. The molecule has 0 fully saturated rings. The van der Waals surface area contributed by atoms with E-state index in [1.165, 1.54) is 7.11 Å². The molecule has 0 aliphatic rings. The number of Topliss-reactive ketones (excluding diaryl/α,β-unsaturated/α-hetero) is 1. The van der Waals surface area contributed by atoms with Gasteiger partial charge in [0.1, 0.15) is 22.7 Å². The minimum absolute atomic E-state index is 0.157. The van der Waals surface area contributed by atoms with Crippen LogP contribution in [0.3, 0.4) is 0 Å². The summed E-state index contributed by atoms with van der Waals surface area (Å²) in [4.78, 5) is 24.2. The summed E-state index contributed by atoms with van der Waals surface area (Å²) in [6.45, 7) is 1.53. The van der Waals surface area contributed by atoms with E-state index in [-0.39, 0.29) is 12.4 Å². The summed E-state index contributed by atoms with van der Waals surface area (Å²) in [5.41, 5.74) is 1.36. The molecule has 0 saturated heterocycles. The lowest BCUT2D eigenvalue weighted by atomic mass is 10.1. The predicted octanol–water partition coefficient (Wildman–Crippen LogP) is 5.21. The molecule has 0 spiro atoms. The Morgan fingerprint density at radius 2 is 1.88 bits per heavy atom. The molecule has 0 radical (unpaired) electrons. The Morgan fingerprint density at radius 3 is 2.54 bits per heavy atom. The summed E-state index contributed by atoms with van der Waals surface area (Å²) in [7, 11) is 1.31. The second-order valence-corrected chi connectivity index (χ2v) is 6.81. The van der Waals surface area contributed by atoms with Crippen molar-refractivity contribution in [3.63, 3.8) is 0 Å². The van der Waals surface area contributed by atoms with Crippen LogP contribution in [-0.2, 0) is 4.74 Å². The van der Waals surface area contributed by atoms with Gasteiger partial charge in [-0.1, -0.05) is 11.6 Å². The van der Waals surface area contributed by atoms with Crippen molar-refractivity contribution in [2.24, 2.45) is 0 Å². The van der Waals surface area contributed by atoms with Gasteiger partial charge in [-0.25, -0.2) is 4.79 Å². The number of benzene rings is 2. The molecular weight excluding hydrogens is 424 g/mol.